The lowest BCUT2D eigenvalue weighted by molar-refractivity contribution is 0.866. The van der Waals surface area contributed by atoms with Crippen LogP contribution in [-0.2, 0) is 0 Å². The van der Waals surface area contributed by atoms with Crippen LogP contribution in [0.3, 0.4) is 0 Å². The van der Waals surface area contributed by atoms with Crippen molar-refractivity contribution in [3.63, 3.8) is 0 Å². The summed E-state index contributed by atoms with van der Waals surface area (Å²) < 4.78 is 0. The highest BCUT2D eigenvalue weighted by molar-refractivity contribution is 5.60. The summed E-state index contributed by atoms with van der Waals surface area (Å²) in [7, 11) is 0. The third-order valence-corrected chi connectivity index (χ3v) is 3.84. The first-order valence-corrected chi connectivity index (χ1v) is 8.00. The predicted octanol–water partition coefficient (Wildman–Crippen LogP) is 3.64. The average molecular weight is 297 g/mol. The van der Waals surface area contributed by atoms with Gasteiger partial charge in [-0.15, -0.1) is 0 Å². The molecular formula is C17H23N5. The fourth-order valence-corrected chi connectivity index (χ4v) is 2.41. The van der Waals surface area contributed by atoms with Crippen molar-refractivity contribution in [2.45, 2.75) is 32.7 Å². The third kappa shape index (κ3) is 3.67. The Morgan fingerprint density at radius 2 is 1.82 bits per heavy atom. The Kier molecular flexibility index (Phi) is 4.42. The average Bonchev–Trinajstić information content (AvgIpc) is 3.34. The van der Waals surface area contributed by atoms with E-state index < -0.39 is 0 Å². The first kappa shape index (κ1) is 14.6. The van der Waals surface area contributed by atoms with E-state index in [0.29, 0.717) is 12.0 Å². The van der Waals surface area contributed by atoms with Crippen LogP contribution in [0.25, 0.3) is 0 Å². The van der Waals surface area contributed by atoms with Crippen LogP contribution in [-0.4, -0.2) is 29.1 Å². The lowest BCUT2D eigenvalue weighted by Crippen LogP contribution is -2.21. The van der Waals surface area contributed by atoms with Crippen molar-refractivity contribution in [3.8, 4) is 0 Å². The fourth-order valence-electron chi connectivity index (χ4n) is 2.41. The van der Waals surface area contributed by atoms with Gasteiger partial charge in [0.15, 0.2) is 0 Å². The zero-order valence-corrected chi connectivity index (χ0v) is 13.2. The van der Waals surface area contributed by atoms with Crippen LogP contribution in [0.5, 0.6) is 0 Å². The topological polar surface area (TPSA) is 53.1 Å². The van der Waals surface area contributed by atoms with Gasteiger partial charge in [0.05, 0.1) is 0 Å². The van der Waals surface area contributed by atoms with E-state index in [0.717, 1.165) is 24.6 Å². The van der Waals surface area contributed by atoms with Crippen LogP contribution in [0.4, 0.5) is 23.1 Å². The lowest BCUT2D eigenvalue weighted by atomic mass is 10.2. The Hall–Kier alpha value is -2.30. The summed E-state index contributed by atoms with van der Waals surface area (Å²) in [5, 5.41) is 6.64. The van der Waals surface area contributed by atoms with Crippen molar-refractivity contribution >= 4 is 23.1 Å². The van der Waals surface area contributed by atoms with Crippen molar-refractivity contribution in [2.75, 3.05) is 28.6 Å². The van der Waals surface area contributed by atoms with Crippen LogP contribution in [0.1, 0.15) is 26.7 Å². The van der Waals surface area contributed by atoms with E-state index in [4.69, 9.17) is 0 Å². The second-order valence-corrected chi connectivity index (χ2v) is 5.53. The SMILES string of the molecule is CCN(CC)c1ccc(Nc2nccc(NC3CC3)n2)cc1. The van der Waals surface area contributed by atoms with Crippen LogP contribution < -0.4 is 15.5 Å². The molecule has 1 aliphatic carbocycles. The second-order valence-electron chi connectivity index (χ2n) is 5.53. The number of nitrogens with one attached hydrogen (secondary N) is 2. The molecule has 0 amide bonds. The Bertz CT molecular complexity index is 603. The van der Waals surface area contributed by atoms with Gasteiger partial charge in [-0.1, -0.05) is 0 Å². The Labute approximate surface area is 131 Å². The molecule has 1 aromatic heterocycles. The predicted molar refractivity (Wildman–Crippen MR) is 92.0 cm³/mol. The Morgan fingerprint density at radius 1 is 1.09 bits per heavy atom. The highest BCUT2D eigenvalue weighted by Gasteiger charge is 2.21. The molecule has 2 aromatic rings. The van der Waals surface area contributed by atoms with Gasteiger partial charge in [0.2, 0.25) is 5.95 Å². The van der Waals surface area contributed by atoms with Crippen LogP contribution >= 0.6 is 0 Å². The maximum absolute atomic E-state index is 4.49. The molecular weight excluding hydrogens is 274 g/mol. The van der Waals surface area contributed by atoms with Gasteiger partial charge >= 0.3 is 0 Å². The zero-order chi connectivity index (χ0) is 15.4. The minimum Gasteiger partial charge on any atom is -0.372 e. The van der Waals surface area contributed by atoms with Crippen molar-refractivity contribution in [1.82, 2.24) is 9.97 Å². The molecule has 1 aliphatic rings. The number of rotatable bonds is 7. The van der Waals surface area contributed by atoms with Gasteiger partial charge in [0, 0.05) is 36.7 Å². The molecule has 2 N–H and O–H groups in total. The van der Waals surface area contributed by atoms with Crippen molar-refractivity contribution in [1.29, 1.82) is 0 Å². The van der Waals surface area contributed by atoms with Gasteiger partial charge in [0.25, 0.3) is 0 Å². The second kappa shape index (κ2) is 6.64. The number of hydrogen-bond acceptors (Lipinski definition) is 5. The van der Waals surface area contributed by atoms with Gasteiger partial charge in [-0.3, -0.25) is 0 Å². The number of benzene rings is 1. The normalized spacial score (nSPS) is 13.7. The van der Waals surface area contributed by atoms with Gasteiger partial charge in [-0.05, 0) is 57.0 Å². The molecule has 0 radical (unpaired) electrons. The molecule has 0 saturated heterocycles. The van der Waals surface area contributed by atoms with Crippen LogP contribution in [0, 0.1) is 0 Å². The summed E-state index contributed by atoms with van der Waals surface area (Å²) in [6.07, 6.45) is 4.25. The Balaban J connectivity index is 1.67. The third-order valence-electron chi connectivity index (χ3n) is 3.84. The molecule has 1 fully saturated rings. The molecule has 0 unspecified atom stereocenters. The van der Waals surface area contributed by atoms with Gasteiger partial charge in [0.1, 0.15) is 5.82 Å². The number of hydrogen-bond donors (Lipinski definition) is 2. The molecule has 22 heavy (non-hydrogen) atoms. The van der Waals surface area contributed by atoms with E-state index in [9.17, 15) is 0 Å². The molecule has 1 aromatic carbocycles. The highest BCUT2D eigenvalue weighted by Crippen LogP contribution is 2.24. The molecule has 5 nitrogen and oxygen atoms in total. The van der Waals surface area contributed by atoms with E-state index in [2.05, 4.69) is 63.6 Å². The molecule has 0 spiro atoms. The molecule has 116 valence electrons. The summed E-state index contributed by atoms with van der Waals surface area (Å²) >= 11 is 0. The summed E-state index contributed by atoms with van der Waals surface area (Å²) in [6, 6.07) is 10.9. The van der Waals surface area contributed by atoms with E-state index in [-0.39, 0.29) is 0 Å². The quantitative estimate of drug-likeness (QED) is 0.817. The van der Waals surface area contributed by atoms with Crippen LogP contribution in [0.2, 0.25) is 0 Å². The van der Waals surface area contributed by atoms with E-state index in [1.165, 1.54) is 18.5 Å². The first-order chi connectivity index (χ1) is 10.8. The lowest BCUT2D eigenvalue weighted by Gasteiger charge is -2.21. The highest BCUT2D eigenvalue weighted by atomic mass is 15.2. The van der Waals surface area contributed by atoms with E-state index in [1.807, 2.05) is 6.07 Å². The van der Waals surface area contributed by atoms with Gasteiger partial charge in [-0.2, -0.15) is 4.98 Å². The summed E-state index contributed by atoms with van der Waals surface area (Å²) in [6.45, 7) is 6.37. The number of anilines is 4. The maximum Gasteiger partial charge on any atom is 0.229 e. The zero-order valence-electron chi connectivity index (χ0n) is 13.2. The minimum absolute atomic E-state index is 0.594. The molecule has 1 saturated carbocycles. The van der Waals surface area contributed by atoms with Crippen molar-refractivity contribution in [2.24, 2.45) is 0 Å². The van der Waals surface area contributed by atoms with Crippen molar-refractivity contribution in [3.05, 3.63) is 36.5 Å². The van der Waals surface area contributed by atoms with E-state index >= 15 is 0 Å². The van der Waals surface area contributed by atoms with Gasteiger partial charge < -0.3 is 15.5 Å². The van der Waals surface area contributed by atoms with Crippen LogP contribution in [0.15, 0.2) is 36.5 Å². The van der Waals surface area contributed by atoms with Crippen molar-refractivity contribution < 1.29 is 0 Å². The Morgan fingerprint density at radius 3 is 2.45 bits per heavy atom. The molecule has 3 rings (SSSR count). The molecule has 0 atom stereocenters. The number of nitrogens with zero attached hydrogens (tertiary/aromatic N) is 3. The maximum atomic E-state index is 4.49. The monoisotopic (exact) mass is 297 g/mol. The first-order valence-electron chi connectivity index (χ1n) is 8.00. The molecule has 0 bridgehead atoms. The summed E-state index contributed by atoms with van der Waals surface area (Å²) in [4.78, 5) is 11.1. The number of aromatic nitrogens is 2. The van der Waals surface area contributed by atoms with E-state index in [1.54, 1.807) is 6.20 Å². The molecule has 1 heterocycles. The smallest absolute Gasteiger partial charge is 0.229 e. The minimum atomic E-state index is 0.594. The summed E-state index contributed by atoms with van der Waals surface area (Å²) in [5.74, 6) is 1.51. The largest absolute Gasteiger partial charge is 0.372 e. The summed E-state index contributed by atoms with van der Waals surface area (Å²) in [5.41, 5.74) is 2.24. The van der Waals surface area contributed by atoms with Gasteiger partial charge in [-0.25, -0.2) is 4.98 Å². The standard InChI is InChI=1S/C17H23N5/c1-3-22(4-2)15-9-7-14(8-10-15)20-17-18-12-11-16(21-17)19-13-5-6-13/h7-13H,3-6H2,1-2H3,(H2,18,19,20,21). The fraction of sp³-hybridized carbons (Fsp3) is 0.412. The molecule has 5 heteroatoms. The molecule has 0 aliphatic heterocycles.